The summed E-state index contributed by atoms with van der Waals surface area (Å²) in [7, 11) is 23.2. The molecule has 6 heterocycles. The zero-order chi connectivity index (χ0) is 87.5. The number of hydrogen-bond acceptors (Lipinski definition) is 22. The van der Waals surface area contributed by atoms with Gasteiger partial charge in [-0.2, -0.15) is 15.0 Å². The van der Waals surface area contributed by atoms with Crippen molar-refractivity contribution in [1.82, 2.24) is 38.8 Å². The summed E-state index contributed by atoms with van der Waals surface area (Å²) in [5.41, 5.74) is 6.69. The summed E-state index contributed by atoms with van der Waals surface area (Å²) >= 11 is 0. The number of ether oxygens (including phenoxy) is 6. The number of aliphatic hydroxyl groups is 3. The second-order valence-corrected chi connectivity index (χ2v) is 86.1. The fourth-order valence-corrected chi connectivity index (χ4v) is 169. The molecule has 5 fully saturated rings. The van der Waals surface area contributed by atoms with E-state index in [1.54, 1.807) is 27.0 Å². The topological polar surface area (TPSA) is 369 Å². The maximum absolute atomic E-state index is 15.5. The van der Waals surface area contributed by atoms with Crippen molar-refractivity contribution in [2.24, 2.45) is 5.92 Å². The number of aliphatic hydroxyl groups excluding tert-OH is 3. The van der Waals surface area contributed by atoms with Crippen molar-refractivity contribution >= 4 is 158 Å². The van der Waals surface area contributed by atoms with Crippen LogP contribution >= 0.6 is 129 Å². The number of nitrogens with two attached hydrogens (primary N) is 2. The normalized spacial score (nSPS) is 24.7. The molecule has 23 atom stereocenters. The molecule has 3 aromatic carbocycles. The predicted octanol–water partition coefficient (Wildman–Crippen LogP) is 18.9. The third-order valence-electron chi connectivity index (χ3n) is 21.8. The van der Waals surface area contributed by atoms with Gasteiger partial charge in [0.05, 0.1) is 25.9 Å². The van der Waals surface area contributed by atoms with Gasteiger partial charge >= 0.3 is 36.7 Å². The molecule has 0 amide bonds. The van der Waals surface area contributed by atoms with Crippen LogP contribution in [0.1, 0.15) is 189 Å². The van der Waals surface area contributed by atoms with E-state index in [0.717, 1.165) is 90.0 Å². The molecule has 10 N–H and O–H groups in total. The Morgan fingerprint density at radius 1 is 0.595 bits per heavy atom. The van der Waals surface area contributed by atoms with Gasteiger partial charge in [-0.15, -0.1) is 62.5 Å². The maximum Gasteiger partial charge on any atom is 0.351 e. The Bertz CT molecular complexity index is 4360. The fraction of sp³-hybridized carbons (Fsp3) is 0.573. The molecule has 27 nitrogen and oxygen atoms in total. The number of methoxy groups -OCH3 is 1. The van der Waals surface area contributed by atoms with E-state index >= 15 is 8.78 Å². The van der Waals surface area contributed by atoms with Gasteiger partial charge in [0.25, 0.3) is 0 Å². The summed E-state index contributed by atoms with van der Waals surface area (Å²) in [5.74, 6) is -0.553. The Kier molecular flexibility index (Phi) is 45.0. The SMILES string of the molecule is C.C.CCC1(CC)O[C@@H](n2ccc(N)nc2=O)[C@H](F)[C@@H]1C.CC[C@]1(CO)O[C@@H](n2ccc(NC(c3ccccc3)(c3ccccc3)c3ccc(OC)cc3)nc2=O)[C@H](F)[C@@H]1O.CC[C@]1(COP(=O)(N[C@@H](C)C(=O)OC2CCCCC2)N[C@@H](C)C(=O)OC2CCCCC2)O[C@@H](n2ccc(N)nc2=O)[C@H](F)[C@@H]1O.P[P-]P(P)P(P(P)P)P(P(P)P)P(P)P. The number of hydrogen-bond donors (Lipinski definition) is 8. The first kappa shape index (κ1) is 108. The minimum atomic E-state index is -4.32. The average molecular weight is 1990 g/mol. The third kappa shape index (κ3) is 27.1. The lowest BCUT2D eigenvalue weighted by Crippen LogP contribution is -2.48. The lowest BCUT2D eigenvalue weighted by atomic mass is 9.77. The first-order chi connectivity index (χ1) is 56.5. The highest BCUT2D eigenvalue weighted by Gasteiger charge is 2.58. The van der Waals surface area contributed by atoms with E-state index in [9.17, 15) is 48.2 Å². The number of nitrogens with one attached hydrogen (secondary N) is 3. The van der Waals surface area contributed by atoms with Crippen molar-refractivity contribution in [2.45, 2.75) is 249 Å². The second-order valence-electron chi connectivity index (χ2n) is 29.3. The number of halogens is 3. The molecule has 6 aromatic rings. The standard InChI is InChI=1S/C31H32FN3O5.C29H47FN5O9P.C13H20FN3O2.2CH4.H16P15/c1-3-30(20-36)27(37)26(32)28(40-30)35-19-18-25(33-29(35)38)34-31(21-10-6-4-7-11-21,22-12-8-5-9-13-22)23-14-16-24(39-2)17-15-23;1-4-29(24(36)23(30)25(44-29)35-16-15-22(31)32-28(35)39)17-41-45(40,33-18(2)26(37)42-20-11-7-5-8-12-20)34-19(3)27(38)43-21-13-9-6-10-14-21;1-4-13(5-2)8(3)10(14)11(19-13)17-7-6-9(15)16-12(17)18;;;1-9-13(8)15(12(6)7)14(10(2)3)11(4)5/h4-19,26-28,36-37H,3,20H2,1-2H3,(H,33,34,38);15-16,18-21,23-25,36H,4-14,17H2,1-3H3,(H2,31,32,39)(H2,33,34,40);6-8,10-11H,4-5H2,1-3H3,(H2,15,16,18);2*1H4;1-8H2/q;;;;;-1/t26-,27+,28-,30-;18-,19-,23+,24-,25+,29+;8-,10+,11+;;;/m100.../s1. The first-order valence-corrected chi connectivity index (χ1v) is 66.7. The number of esters is 2. The smallest absolute Gasteiger partial charge is 0.351 e. The average Bonchev–Trinajstić information content (AvgIpc) is 1.73. The van der Waals surface area contributed by atoms with E-state index in [4.69, 9.17) is 44.4 Å². The van der Waals surface area contributed by atoms with Gasteiger partial charge in [-0.05, 0) is 173 Å². The molecule has 46 heteroatoms. The number of carbonyl (C=O) groups is 2. The van der Waals surface area contributed by atoms with E-state index in [0.29, 0.717) is 18.6 Å². The van der Waals surface area contributed by atoms with E-state index in [2.05, 4.69) is 102 Å². The quantitative estimate of drug-likeness (QED) is 0.0114. The Morgan fingerprint density at radius 3 is 1.34 bits per heavy atom. The zero-order valence-corrected chi connectivity index (χ0v) is 84.1. The van der Waals surface area contributed by atoms with E-state index in [1.807, 2.05) is 106 Å². The van der Waals surface area contributed by atoms with Crippen LogP contribution in [0.2, 0.25) is 0 Å². The summed E-state index contributed by atoms with van der Waals surface area (Å²) < 4.78 is 102. The van der Waals surface area contributed by atoms with Crippen LogP contribution in [0.4, 0.5) is 30.6 Å². The van der Waals surface area contributed by atoms with Crippen LogP contribution in [0.15, 0.2) is 136 Å². The Morgan fingerprint density at radius 2 is 0.975 bits per heavy atom. The largest absolute Gasteiger partial charge is 0.497 e. The van der Waals surface area contributed by atoms with Gasteiger partial charge in [-0.25, -0.2) is 44.7 Å². The van der Waals surface area contributed by atoms with Gasteiger partial charge in [-0.1, -0.05) is 135 Å². The van der Waals surface area contributed by atoms with Crippen molar-refractivity contribution in [3.05, 3.63) is 170 Å². The van der Waals surface area contributed by atoms with Gasteiger partial charge in [0.2, 0.25) is 0 Å². The van der Waals surface area contributed by atoms with Crippen LogP contribution in [-0.2, 0) is 47.9 Å². The molecule has 121 heavy (non-hydrogen) atoms. The first-order valence-electron chi connectivity index (χ1n) is 38.9. The second kappa shape index (κ2) is 50.3. The van der Waals surface area contributed by atoms with E-state index < -0.39 is 134 Å². The number of rotatable bonds is 31. The van der Waals surface area contributed by atoms with Gasteiger partial charge < -0.3 is 73.0 Å². The van der Waals surface area contributed by atoms with Crippen LogP contribution in [0.25, 0.3) is 0 Å². The molecule has 2 aliphatic carbocycles. The molecule has 11 rings (SSSR count). The van der Waals surface area contributed by atoms with Gasteiger partial charge in [-0.3, -0.25) is 36.8 Å². The highest BCUT2D eigenvalue weighted by atomic mass is 33.3. The minimum Gasteiger partial charge on any atom is -0.497 e. The Labute approximate surface area is 735 Å². The molecule has 0 spiro atoms. The molecule has 5 aliphatic rings. The minimum absolute atomic E-state index is 0. The highest BCUT2D eigenvalue weighted by molar-refractivity contribution is 9.28. The molecule has 2 saturated carbocycles. The van der Waals surface area contributed by atoms with Gasteiger partial charge in [0, 0.05) is 24.5 Å². The van der Waals surface area contributed by atoms with Crippen molar-refractivity contribution in [2.75, 3.05) is 37.1 Å². The summed E-state index contributed by atoms with van der Waals surface area (Å²) in [6.07, 6.45) is 1.44. The number of nitrogen functional groups attached to an aromatic ring is 2. The number of aromatic nitrogens is 6. The predicted molar refractivity (Wildman–Crippen MR) is 521 cm³/mol. The number of alkyl halides is 3. The Balaban J connectivity index is 0.000000271. The van der Waals surface area contributed by atoms with Crippen LogP contribution in [0.3, 0.4) is 0 Å². The molecule has 676 valence electrons. The molecule has 0 radical (unpaired) electrons. The summed E-state index contributed by atoms with van der Waals surface area (Å²) in [6, 6.07) is 29.3. The van der Waals surface area contributed by atoms with E-state index in [1.165, 1.54) is 57.1 Å². The molecular weight excluding hydrogens is 1860 g/mol. The number of benzene rings is 3. The molecular formula is C75H123F3N11O16P16-. The fourth-order valence-electron chi connectivity index (χ4n) is 14.8. The molecule has 3 saturated heterocycles. The summed E-state index contributed by atoms with van der Waals surface area (Å²) in [4.78, 5) is 74.8. The van der Waals surface area contributed by atoms with Crippen molar-refractivity contribution < 1.29 is 75.6 Å². The monoisotopic (exact) mass is 1990 g/mol. The lowest BCUT2D eigenvalue weighted by Gasteiger charge is -2.44. The number of nitrogens with zero attached hydrogens (tertiary/aromatic N) is 6. The molecule has 10 unspecified atom stereocenters. The van der Waals surface area contributed by atoms with E-state index in [-0.39, 0.29) is 105 Å². The molecule has 3 aromatic heterocycles. The molecule has 3 aliphatic heterocycles. The van der Waals surface area contributed by atoms with Crippen molar-refractivity contribution in [3.8, 4) is 5.75 Å². The number of anilines is 3. The summed E-state index contributed by atoms with van der Waals surface area (Å²) in [6.45, 7) is 11.5. The lowest BCUT2D eigenvalue weighted by molar-refractivity contribution is -0.152. The molecule has 0 bridgehead atoms. The zero-order valence-electron chi connectivity index (χ0n) is 67.7. The Hall–Kier alpha value is -1.45. The van der Waals surface area contributed by atoms with Crippen LogP contribution in [-0.4, -0.2) is 148 Å². The van der Waals surface area contributed by atoms with Crippen LogP contribution in [0, 0.1) is 5.92 Å². The summed E-state index contributed by atoms with van der Waals surface area (Å²) in [5, 5.41) is 40.0. The third-order valence-corrected chi connectivity index (χ3v) is 110. The van der Waals surface area contributed by atoms with Crippen LogP contribution in [0.5, 0.6) is 5.75 Å². The highest BCUT2D eigenvalue weighted by Crippen LogP contribution is 3.22. The van der Waals surface area contributed by atoms with Crippen LogP contribution < -0.4 is 48.8 Å². The maximum atomic E-state index is 15.5. The van der Waals surface area contributed by atoms with Gasteiger partial charge in [0.15, 0.2) is 37.2 Å². The number of carbonyl (C=O) groups excluding carboxylic acids is 2. The van der Waals surface area contributed by atoms with Crippen molar-refractivity contribution in [3.63, 3.8) is 0 Å². The van der Waals surface area contributed by atoms with Gasteiger partial charge in [0.1, 0.15) is 76.4 Å². The van der Waals surface area contributed by atoms with Crippen molar-refractivity contribution in [1.29, 1.82) is 0 Å².